The van der Waals surface area contributed by atoms with Crippen LogP contribution in [0.2, 0.25) is 0 Å². The molecule has 0 bridgehead atoms. The number of hydrogen-bond donors (Lipinski definition) is 0. The average Bonchev–Trinajstić information content (AvgIpc) is 2.57. The molecule has 118 valence electrons. The van der Waals surface area contributed by atoms with Crippen LogP contribution >= 0.6 is 12.0 Å². The fourth-order valence-corrected chi connectivity index (χ4v) is 2.32. The van der Waals surface area contributed by atoms with E-state index >= 15 is 0 Å². The summed E-state index contributed by atoms with van der Waals surface area (Å²) in [5, 5.41) is 0. The van der Waals surface area contributed by atoms with Gasteiger partial charge in [-0.25, -0.2) is 0 Å². The van der Waals surface area contributed by atoms with Crippen LogP contribution in [0.3, 0.4) is 0 Å². The molecule has 0 N–H and O–H groups in total. The van der Waals surface area contributed by atoms with E-state index in [1.165, 1.54) is 23.2 Å². The molecule has 3 nitrogen and oxygen atoms in total. The molecule has 0 aliphatic heterocycles. The predicted octanol–water partition coefficient (Wildman–Crippen LogP) is 4.15. The lowest BCUT2D eigenvalue weighted by Gasteiger charge is -2.08. The van der Waals surface area contributed by atoms with E-state index in [9.17, 15) is 0 Å². The van der Waals surface area contributed by atoms with Crippen LogP contribution < -0.4 is 9.47 Å². The lowest BCUT2D eigenvalue weighted by atomic mass is 10.1. The molecule has 0 heterocycles. The van der Waals surface area contributed by atoms with Gasteiger partial charge in [0.05, 0.1) is 20.3 Å². The third-order valence-electron chi connectivity index (χ3n) is 3.33. The molecule has 2 aromatic carbocycles. The number of benzene rings is 2. The first kappa shape index (κ1) is 16.7. The number of rotatable bonds is 9. The minimum absolute atomic E-state index is 0.668. The zero-order chi connectivity index (χ0) is 15.6. The van der Waals surface area contributed by atoms with Gasteiger partial charge in [0.1, 0.15) is 11.5 Å². The van der Waals surface area contributed by atoms with E-state index in [4.69, 9.17) is 13.7 Å². The van der Waals surface area contributed by atoms with E-state index in [1.54, 1.807) is 7.11 Å². The number of ether oxygens (including phenoxy) is 2. The van der Waals surface area contributed by atoms with Crippen molar-refractivity contribution >= 4 is 12.0 Å². The maximum atomic E-state index is 5.78. The van der Waals surface area contributed by atoms with Gasteiger partial charge in [-0.3, -0.25) is 0 Å². The summed E-state index contributed by atoms with van der Waals surface area (Å²) >= 11 is 1.40. The lowest BCUT2D eigenvalue weighted by molar-refractivity contribution is 0.321. The molecular formula is C18H22O3S. The highest BCUT2D eigenvalue weighted by atomic mass is 32.2. The summed E-state index contributed by atoms with van der Waals surface area (Å²) in [7, 11) is 1.68. The first-order valence-corrected chi connectivity index (χ1v) is 8.47. The Labute approximate surface area is 136 Å². The molecule has 4 heteroatoms. The Kier molecular flexibility index (Phi) is 7.13. The van der Waals surface area contributed by atoms with Gasteiger partial charge < -0.3 is 13.7 Å². The van der Waals surface area contributed by atoms with Gasteiger partial charge in [-0.1, -0.05) is 24.3 Å². The van der Waals surface area contributed by atoms with Crippen LogP contribution in [0.15, 0.2) is 48.5 Å². The Bertz CT molecular complexity index is 537. The third-order valence-corrected chi connectivity index (χ3v) is 3.74. The fraction of sp³-hybridized carbons (Fsp3) is 0.333. The minimum atomic E-state index is 0.668. The summed E-state index contributed by atoms with van der Waals surface area (Å²) in [4.78, 5) is 0. The van der Waals surface area contributed by atoms with Gasteiger partial charge in [0.2, 0.25) is 0 Å². The van der Waals surface area contributed by atoms with Crippen molar-refractivity contribution in [2.75, 3.05) is 26.6 Å². The Hall–Kier alpha value is -1.65. The molecule has 0 fully saturated rings. The van der Waals surface area contributed by atoms with E-state index < -0.39 is 0 Å². The maximum Gasteiger partial charge on any atom is 0.119 e. The summed E-state index contributed by atoms with van der Waals surface area (Å²) in [6, 6.07) is 16.3. The molecule has 0 aliphatic carbocycles. The summed E-state index contributed by atoms with van der Waals surface area (Å²) in [6.45, 7) is 1.40. The summed E-state index contributed by atoms with van der Waals surface area (Å²) in [5.41, 5.74) is 2.50. The smallest absolute Gasteiger partial charge is 0.119 e. The number of hydrogen-bond acceptors (Lipinski definition) is 4. The van der Waals surface area contributed by atoms with Gasteiger partial charge in [0, 0.05) is 12.7 Å². The van der Waals surface area contributed by atoms with Crippen molar-refractivity contribution in [1.29, 1.82) is 0 Å². The molecule has 0 spiro atoms. The molecule has 0 aromatic heterocycles. The minimum Gasteiger partial charge on any atom is -0.497 e. The normalized spacial score (nSPS) is 10.5. The highest BCUT2D eigenvalue weighted by Crippen LogP contribution is 2.15. The van der Waals surface area contributed by atoms with Gasteiger partial charge in [0.15, 0.2) is 0 Å². The standard InChI is InChI=1S/C18H22O3S/c1-19-17-7-3-15(4-8-17)11-13-20-18-9-5-16(6-10-18)12-14-21-22-2/h3-10H,11-14H2,1-2H3. The first-order valence-electron chi connectivity index (χ1n) is 7.32. The SMILES string of the molecule is COc1ccc(CCOc2ccc(CCOSC)cc2)cc1. The van der Waals surface area contributed by atoms with Crippen molar-refractivity contribution in [3.8, 4) is 11.5 Å². The van der Waals surface area contributed by atoms with Gasteiger partial charge in [-0.2, -0.15) is 0 Å². The Balaban J connectivity index is 1.74. The van der Waals surface area contributed by atoms with E-state index in [1.807, 2.05) is 30.5 Å². The van der Waals surface area contributed by atoms with Crippen LogP contribution in [0, 0.1) is 0 Å². The van der Waals surface area contributed by atoms with E-state index in [0.717, 1.165) is 30.9 Å². The second-order valence-corrected chi connectivity index (χ2v) is 5.40. The van der Waals surface area contributed by atoms with Crippen LogP contribution in [0.25, 0.3) is 0 Å². The van der Waals surface area contributed by atoms with Crippen LogP contribution in [-0.2, 0) is 17.0 Å². The Morgan fingerprint density at radius 3 is 1.86 bits per heavy atom. The first-order chi connectivity index (χ1) is 10.8. The number of methoxy groups -OCH3 is 1. The van der Waals surface area contributed by atoms with E-state index in [0.29, 0.717) is 6.61 Å². The topological polar surface area (TPSA) is 27.7 Å². The van der Waals surface area contributed by atoms with Crippen molar-refractivity contribution in [2.24, 2.45) is 0 Å². The molecule has 0 radical (unpaired) electrons. The molecule has 0 unspecified atom stereocenters. The lowest BCUT2D eigenvalue weighted by Crippen LogP contribution is -2.01. The zero-order valence-corrected chi connectivity index (χ0v) is 13.9. The molecule has 0 saturated heterocycles. The molecule has 0 saturated carbocycles. The Morgan fingerprint density at radius 1 is 0.773 bits per heavy atom. The molecule has 0 aliphatic rings. The predicted molar refractivity (Wildman–Crippen MR) is 91.8 cm³/mol. The Morgan fingerprint density at radius 2 is 1.32 bits per heavy atom. The molecular weight excluding hydrogens is 296 g/mol. The summed E-state index contributed by atoms with van der Waals surface area (Å²) in [6.07, 6.45) is 3.74. The van der Waals surface area contributed by atoms with E-state index in [-0.39, 0.29) is 0 Å². The highest BCUT2D eigenvalue weighted by Gasteiger charge is 1.98. The van der Waals surface area contributed by atoms with Crippen molar-refractivity contribution in [3.05, 3.63) is 59.7 Å². The van der Waals surface area contributed by atoms with Gasteiger partial charge in [-0.15, -0.1) is 0 Å². The second-order valence-electron chi connectivity index (χ2n) is 4.83. The zero-order valence-electron chi connectivity index (χ0n) is 13.1. The van der Waals surface area contributed by atoms with Crippen molar-refractivity contribution in [2.45, 2.75) is 12.8 Å². The van der Waals surface area contributed by atoms with Gasteiger partial charge >= 0.3 is 0 Å². The molecule has 22 heavy (non-hydrogen) atoms. The van der Waals surface area contributed by atoms with Crippen LogP contribution in [-0.4, -0.2) is 26.6 Å². The molecule has 2 rings (SSSR count). The summed E-state index contributed by atoms with van der Waals surface area (Å²) in [5.74, 6) is 1.79. The maximum absolute atomic E-state index is 5.78. The fourth-order valence-electron chi connectivity index (χ4n) is 2.07. The average molecular weight is 318 g/mol. The monoisotopic (exact) mass is 318 g/mol. The van der Waals surface area contributed by atoms with Crippen molar-refractivity contribution in [3.63, 3.8) is 0 Å². The van der Waals surface area contributed by atoms with Crippen LogP contribution in [0.5, 0.6) is 11.5 Å². The third kappa shape index (κ3) is 5.62. The highest BCUT2D eigenvalue weighted by molar-refractivity contribution is 7.93. The van der Waals surface area contributed by atoms with Gasteiger partial charge in [-0.05, 0) is 53.9 Å². The van der Waals surface area contributed by atoms with Crippen LogP contribution in [0.1, 0.15) is 11.1 Å². The quantitative estimate of drug-likeness (QED) is 0.513. The van der Waals surface area contributed by atoms with Crippen LogP contribution in [0.4, 0.5) is 0 Å². The van der Waals surface area contributed by atoms with Gasteiger partial charge in [0.25, 0.3) is 0 Å². The van der Waals surface area contributed by atoms with Crippen molar-refractivity contribution in [1.82, 2.24) is 0 Å². The van der Waals surface area contributed by atoms with E-state index in [2.05, 4.69) is 24.3 Å². The molecule has 2 aromatic rings. The summed E-state index contributed by atoms with van der Waals surface area (Å²) < 4.78 is 16.2. The molecule has 0 amide bonds. The second kappa shape index (κ2) is 9.38. The largest absolute Gasteiger partial charge is 0.497 e. The van der Waals surface area contributed by atoms with Crippen molar-refractivity contribution < 1.29 is 13.7 Å². The molecule has 0 atom stereocenters.